The first-order chi connectivity index (χ1) is 16.4. The summed E-state index contributed by atoms with van der Waals surface area (Å²) in [5.41, 5.74) is 1.68. The smallest absolute Gasteiger partial charge is 0.224 e. The number of rotatable bonds is 8. The number of carbonyl (C=O) groups excluding carboxylic acids is 1. The number of halogens is 2. The van der Waals surface area contributed by atoms with E-state index in [4.69, 9.17) is 37.1 Å². The van der Waals surface area contributed by atoms with Gasteiger partial charge >= 0.3 is 0 Å². The highest BCUT2D eigenvalue weighted by atomic mass is 35.5. The summed E-state index contributed by atoms with van der Waals surface area (Å²) in [6.07, 6.45) is 0.811. The van der Waals surface area contributed by atoms with Crippen LogP contribution in [0.4, 0.5) is 5.69 Å². The van der Waals surface area contributed by atoms with Crippen molar-refractivity contribution in [2.45, 2.75) is 12.8 Å². The van der Waals surface area contributed by atoms with Gasteiger partial charge in [0.2, 0.25) is 5.91 Å². The highest BCUT2D eigenvalue weighted by molar-refractivity contribution is 6.35. The molecule has 0 atom stereocenters. The number of hydrogen-bond donors (Lipinski definition) is 1. The Morgan fingerprint density at radius 2 is 1.79 bits per heavy atom. The molecule has 0 fully saturated rings. The Morgan fingerprint density at radius 3 is 2.53 bits per heavy atom. The van der Waals surface area contributed by atoms with E-state index in [9.17, 15) is 9.59 Å². The molecule has 1 amide bonds. The van der Waals surface area contributed by atoms with Crippen molar-refractivity contribution in [3.63, 3.8) is 0 Å². The van der Waals surface area contributed by atoms with Gasteiger partial charge in [0.05, 0.1) is 24.1 Å². The molecule has 1 heterocycles. The minimum absolute atomic E-state index is 0.135. The van der Waals surface area contributed by atoms with E-state index < -0.39 is 0 Å². The highest BCUT2D eigenvalue weighted by Crippen LogP contribution is 2.28. The lowest BCUT2D eigenvalue weighted by atomic mass is 10.1. The third-order valence-electron chi connectivity index (χ3n) is 5.09. The van der Waals surface area contributed by atoms with Gasteiger partial charge < -0.3 is 19.2 Å². The SMILES string of the molecule is COc1ccc2oc(-c3ccc(NC(=O)CCCOc4ccc(Cl)cc4Cl)cc3)cc(=O)c2c1. The number of carbonyl (C=O) groups is 1. The highest BCUT2D eigenvalue weighted by Gasteiger charge is 2.09. The Kier molecular flexibility index (Phi) is 7.40. The minimum Gasteiger partial charge on any atom is -0.497 e. The van der Waals surface area contributed by atoms with Gasteiger partial charge in [0.15, 0.2) is 5.43 Å². The van der Waals surface area contributed by atoms with Crippen LogP contribution in [0.3, 0.4) is 0 Å². The number of anilines is 1. The first kappa shape index (κ1) is 23.7. The zero-order valence-electron chi connectivity index (χ0n) is 18.3. The molecule has 0 spiro atoms. The molecule has 1 N–H and O–H groups in total. The number of methoxy groups -OCH3 is 1. The van der Waals surface area contributed by atoms with E-state index in [-0.39, 0.29) is 17.8 Å². The van der Waals surface area contributed by atoms with Crippen LogP contribution in [0.15, 0.2) is 75.9 Å². The van der Waals surface area contributed by atoms with E-state index in [0.717, 1.165) is 5.56 Å². The molecule has 4 rings (SSSR count). The van der Waals surface area contributed by atoms with Crippen LogP contribution in [-0.2, 0) is 4.79 Å². The molecule has 0 saturated carbocycles. The second-order valence-corrected chi connectivity index (χ2v) is 8.33. The zero-order chi connectivity index (χ0) is 24.1. The summed E-state index contributed by atoms with van der Waals surface area (Å²) in [6, 6.07) is 18.6. The van der Waals surface area contributed by atoms with Gasteiger partial charge in [-0.1, -0.05) is 23.2 Å². The summed E-state index contributed by atoms with van der Waals surface area (Å²) in [5.74, 6) is 1.43. The molecule has 8 heteroatoms. The fraction of sp³-hybridized carbons (Fsp3) is 0.154. The van der Waals surface area contributed by atoms with Crippen molar-refractivity contribution in [1.82, 2.24) is 0 Å². The van der Waals surface area contributed by atoms with Crippen LogP contribution >= 0.6 is 23.2 Å². The van der Waals surface area contributed by atoms with Crippen LogP contribution < -0.4 is 20.2 Å². The molecule has 174 valence electrons. The molecule has 0 unspecified atom stereocenters. The molecule has 0 radical (unpaired) electrons. The van der Waals surface area contributed by atoms with Crippen LogP contribution in [0.2, 0.25) is 10.0 Å². The lowest BCUT2D eigenvalue weighted by Crippen LogP contribution is -2.12. The molecule has 0 aliphatic heterocycles. The van der Waals surface area contributed by atoms with Gasteiger partial charge in [-0.15, -0.1) is 0 Å². The maximum atomic E-state index is 12.5. The van der Waals surface area contributed by atoms with Gasteiger partial charge in [-0.05, 0) is 67.1 Å². The van der Waals surface area contributed by atoms with Crippen molar-refractivity contribution < 1.29 is 18.7 Å². The fourth-order valence-corrected chi connectivity index (χ4v) is 3.82. The van der Waals surface area contributed by atoms with E-state index in [1.54, 1.807) is 67.8 Å². The lowest BCUT2D eigenvalue weighted by Gasteiger charge is -2.09. The fourth-order valence-electron chi connectivity index (χ4n) is 3.35. The predicted molar refractivity (Wildman–Crippen MR) is 134 cm³/mol. The quantitative estimate of drug-likeness (QED) is 0.278. The van der Waals surface area contributed by atoms with Gasteiger partial charge in [-0.2, -0.15) is 0 Å². The van der Waals surface area contributed by atoms with Gasteiger partial charge in [-0.3, -0.25) is 9.59 Å². The number of nitrogens with one attached hydrogen (secondary N) is 1. The Morgan fingerprint density at radius 1 is 1.00 bits per heavy atom. The molecular formula is C26H21Cl2NO5. The average molecular weight is 498 g/mol. The van der Waals surface area contributed by atoms with Crippen molar-refractivity contribution in [1.29, 1.82) is 0 Å². The summed E-state index contributed by atoms with van der Waals surface area (Å²) < 4.78 is 16.7. The molecule has 6 nitrogen and oxygen atoms in total. The second kappa shape index (κ2) is 10.6. The Bertz CT molecular complexity index is 1380. The summed E-state index contributed by atoms with van der Waals surface area (Å²) in [7, 11) is 1.54. The van der Waals surface area contributed by atoms with E-state index in [2.05, 4.69) is 5.32 Å². The van der Waals surface area contributed by atoms with Crippen molar-refractivity contribution in [2.75, 3.05) is 19.0 Å². The number of amides is 1. The molecular weight excluding hydrogens is 477 g/mol. The molecule has 0 aliphatic carbocycles. The molecule has 3 aromatic carbocycles. The standard InChI is InChI=1S/C26H21Cl2NO5/c1-32-19-9-11-23-20(14-19)22(30)15-25(34-23)16-4-7-18(8-5-16)29-26(31)3-2-12-33-24-10-6-17(27)13-21(24)28/h4-11,13-15H,2-3,12H2,1H3,(H,29,31). The van der Waals surface area contributed by atoms with E-state index in [1.165, 1.54) is 6.07 Å². The molecule has 0 bridgehead atoms. The normalized spacial score (nSPS) is 10.8. The average Bonchev–Trinajstić information content (AvgIpc) is 2.83. The van der Waals surface area contributed by atoms with Crippen LogP contribution in [-0.4, -0.2) is 19.6 Å². The first-order valence-corrected chi connectivity index (χ1v) is 11.3. The van der Waals surface area contributed by atoms with Crippen LogP contribution in [0.1, 0.15) is 12.8 Å². The van der Waals surface area contributed by atoms with Crippen molar-refractivity contribution in [3.05, 3.63) is 87.0 Å². The van der Waals surface area contributed by atoms with Gasteiger partial charge in [0, 0.05) is 28.8 Å². The van der Waals surface area contributed by atoms with E-state index in [0.29, 0.717) is 57.0 Å². The van der Waals surface area contributed by atoms with Crippen LogP contribution in [0, 0.1) is 0 Å². The number of fused-ring (bicyclic) bond motifs is 1. The zero-order valence-corrected chi connectivity index (χ0v) is 19.8. The summed E-state index contributed by atoms with van der Waals surface area (Å²) in [6.45, 7) is 0.348. The van der Waals surface area contributed by atoms with Gasteiger partial charge in [0.25, 0.3) is 0 Å². The molecule has 1 aromatic heterocycles. The summed E-state index contributed by atoms with van der Waals surface area (Å²) in [5, 5.41) is 4.26. The summed E-state index contributed by atoms with van der Waals surface area (Å²) >= 11 is 11.9. The monoisotopic (exact) mass is 497 g/mol. The van der Waals surface area contributed by atoms with Crippen LogP contribution in [0.5, 0.6) is 11.5 Å². The number of benzene rings is 3. The molecule has 0 aliphatic rings. The molecule has 0 saturated heterocycles. The first-order valence-electron chi connectivity index (χ1n) is 10.5. The van der Waals surface area contributed by atoms with Crippen LogP contribution in [0.25, 0.3) is 22.3 Å². The molecule has 4 aromatic rings. The Balaban J connectivity index is 1.33. The van der Waals surface area contributed by atoms with E-state index >= 15 is 0 Å². The topological polar surface area (TPSA) is 77.8 Å². The second-order valence-electron chi connectivity index (χ2n) is 7.49. The van der Waals surface area contributed by atoms with Crippen molar-refractivity contribution in [3.8, 4) is 22.8 Å². The maximum absolute atomic E-state index is 12.5. The maximum Gasteiger partial charge on any atom is 0.224 e. The van der Waals surface area contributed by atoms with Crippen molar-refractivity contribution in [2.24, 2.45) is 0 Å². The minimum atomic E-state index is -0.158. The van der Waals surface area contributed by atoms with Gasteiger partial charge in [0.1, 0.15) is 22.8 Å². The van der Waals surface area contributed by atoms with E-state index in [1.807, 2.05) is 0 Å². The summed E-state index contributed by atoms with van der Waals surface area (Å²) in [4.78, 5) is 24.8. The molecule has 34 heavy (non-hydrogen) atoms. The number of ether oxygens (including phenoxy) is 2. The van der Waals surface area contributed by atoms with Crippen molar-refractivity contribution >= 4 is 45.8 Å². The Labute approximate surface area is 206 Å². The predicted octanol–water partition coefficient (Wildman–Crippen LogP) is 6.57. The largest absolute Gasteiger partial charge is 0.497 e. The third-order valence-corrected chi connectivity index (χ3v) is 5.62. The van der Waals surface area contributed by atoms with Gasteiger partial charge in [-0.25, -0.2) is 0 Å². The number of hydrogen-bond acceptors (Lipinski definition) is 5. The third kappa shape index (κ3) is 5.71. The lowest BCUT2D eigenvalue weighted by molar-refractivity contribution is -0.116. The Hall–Kier alpha value is -3.48.